The molecule has 0 aliphatic heterocycles. The SMILES string of the molecule is Cc1nsc(SCC2(CS)CCCC2)n1. The molecule has 1 aliphatic carbocycles. The summed E-state index contributed by atoms with van der Waals surface area (Å²) >= 11 is 7.88. The van der Waals surface area contributed by atoms with Crippen molar-refractivity contribution in [1.82, 2.24) is 9.36 Å². The molecule has 0 atom stereocenters. The Hall–Kier alpha value is 0.260. The lowest BCUT2D eigenvalue weighted by atomic mass is 9.91. The van der Waals surface area contributed by atoms with Gasteiger partial charge in [0.25, 0.3) is 0 Å². The first-order valence-corrected chi connectivity index (χ1v) is 7.67. The third-order valence-corrected chi connectivity index (χ3v) is 5.96. The van der Waals surface area contributed by atoms with Gasteiger partial charge in [0.05, 0.1) is 0 Å². The van der Waals surface area contributed by atoms with Crippen molar-refractivity contribution in [2.75, 3.05) is 11.5 Å². The van der Waals surface area contributed by atoms with E-state index < -0.39 is 0 Å². The monoisotopic (exact) mass is 260 g/mol. The van der Waals surface area contributed by atoms with Crippen molar-refractivity contribution >= 4 is 35.9 Å². The van der Waals surface area contributed by atoms with E-state index in [9.17, 15) is 0 Å². The van der Waals surface area contributed by atoms with E-state index in [1.54, 1.807) is 0 Å². The van der Waals surface area contributed by atoms with Crippen LogP contribution < -0.4 is 0 Å². The molecule has 2 nitrogen and oxygen atoms in total. The van der Waals surface area contributed by atoms with Gasteiger partial charge in [0.1, 0.15) is 5.82 Å². The van der Waals surface area contributed by atoms with Gasteiger partial charge in [0.15, 0.2) is 4.34 Å². The second kappa shape index (κ2) is 5.06. The topological polar surface area (TPSA) is 25.8 Å². The Labute approximate surface area is 105 Å². The Morgan fingerprint density at radius 2 is 2.20 bits per heavy atom. The molecule has 0 aromatic carbocycles. The average molecular weight is 260 g/mol. The molecule has 0 radical (unpaired) electrons. The van der Waals surface area contributed by atoms with E-state index in [0.29, 0.717) is 5.41 Å². The molecule has 0 bridgehead atoms. The van der Waals surface area contributed by atoms with E-state index in [0.717, 1.165) is 21.7 Å². The zero-order chi connectivity index (χ0) is 10.7. The van der Waals surface area contributed by atoms with Gasteiger partial charge in [0, 0.05) is 5.75 Å². The maximum Gasteiger partial charge on any atom is 0.170 e. The summed E-state index contributed by atoms with van der Waals surface area (Å²) in [5.41, 5.74) is 0.466. The van der Waals surface area contributed by atoms with Crippen molar-refractivity contribution in [1.29, 1.82) is 0 Å². The van der Waals surface area contributed by atoms with Crippen LogP contribution in [0.3, 0.4) is 0 Å². The van der Waals surface area contributed by atoms with Crippen LogP contribution in [0.15, 0.2) is 4.34 Å². The Bertz CT molecular complexity index is 318. The highest BCUT2D eigenvalue weighted by Crippen LogP contribution is 2.43. The summed E-state index contributed by atoms with van der Waals surface area (Å²) in [5, 5.41) is 0. The van der Waals surface area contributed by atoms with Gasteiger partial charge < -0.3 is 0 Å². The predicted octanol–water partition coefficient (Wildman–Crippen LogP) is 3.43. The van der Waals surface area contributed by atoms with E-state index >= 15 is 0 Å². The van der Waals surface area contributed by atoms with E-state index in [-0.39, 0.29) is 0 Å². The van der Waals surface area contributed by atoms with Crippen molar-refractivity contribution in [3.8, 4) is 0 Å². The Morgan fingerprint density at radius 3 is 2.73 bits per heavy atom. The Morgan fingerprint density at radius 1 is 1.47 bits per heavy atom. The molecule has 1 aromatic rings. The number of aromatic nitrogens is 2. The highest BCUT2D eigenvalue weighted by molar-refractivity contribution is 8.01. The molecule has 0 spiro atoms. The highest BCUT2D eigenvalue weighted by Gasteiger charge is 2.32. The first kappa shape index (κ1) is 11.7. The number of thioether (sulfide) groups is 1. The van der Waals surface area contributed by atoms with Crippen molar-refractivity contribution in [2.45, 2.75) is 36.9 Å². The van der Waals surface area contributed by atoms with Gasteiger partial charge in [-0.2, -0.15) is 17.0 Å². The van der Waals surface area contributed by atoms with Gasteiger partial charge in [-0.25, -0.2) is 4.98 Å². The van der Waals surface area contributed by atoms with Gasteiger partial charge in [-0.3, -0.25) is 0 Å². The number of hydrogen-bond acceptors (Lipinski definition) is 5. The maximum absolute atomic E-state index is 4.51. The molecule has 1 saturated carbocycles. The predicted molar refractivity (Wildman–Crippen MR) is 70.1 cm³/mol. The average Bonchev–Trinajstić information content (AvgIpc) is 2.85. The molecule has 5 heteroatoms. The fraction of sp³-hybridized carbons (Fsp3) is 0.800. The van der Waals surface area contributed by atoms with E-state index in [4.69, 9.17) is 0 Å². The smallest absolute Gasteiger partial charge is 0.170 e. The molecule has 1 aliphatic rings. The number of hydrogen-bond donors (Lipinski definition) is 1. The van der Waals surface area contributed by atoms with Crippen LogP contribution in [0.25, 0.3) is 0 Å². The van der Waals surface area contributed by atoms with Crippen LogP contribution in [0.4, 0.5) is 0 Å². The molecule has 0 saturated heterocycles. The minimum absolute atomic E-state index is 0.466. The summed E-state index contributed by atoms with van der Waals surface area (Å²) in [4.78, 5) is 4.38. The molecule has 15 heavy (non-hydrogen) atoms. The molecule has 1 fully saturated rings. The molecule has 0 amide bonds. The van der Waals surface area contributed by atoms with Gasteiger partial charge in [-0.1, -0.05) is 24.6 Å². The summed E-state index contributed by atoms with van der Waals surface area (Å²) in [7, 11) is 0. The molecule has 0 N–H and O–H groups in total. The van der Waals surface area contributed by atoms with E-state index in [2.05, 4.69) is 22.0 Å². The van der Waals surface area contributed by atoms with Crippen molar-refractivity contribution in [3.63, 3.8) is 0 Å². The molecule has 84 valence electrons. The van der Waals surface area contributed by atoms with Gasteiger partial charge >= 0.3 is 0 Å². The summed E-state index contributed by atoms with van der Waals surface area (Å²) in [5.74, 6) is 3.07. The van der Waals surface area contributed by atoms with Crippen LogP contribution in [0.2, 0.25) is 0 Å². The largest absolute Gasteiger partial charge is 0.213 e. The maximum atomic E-state index is 4.51. The molecule has 0 unspecified atom stereocenters. The molecule has 1 aromatic heterocycles. The molecular weight excluding hydrogens is 244 g/mol. The van der Waals surface area contributed by atoms with Crippen LogP contribution in [0, 0.1) is 12.3 Å². The standard InChI is InChI=1S/C10H16N2S3/c1-8-11-9(15-12-8)14-7-10(6-13)4-2-3-5-10/h13H,2-7H2,1H3. The van der Waals surface area contributed by atoms with Crippen molar-refractivity contribution in [3.05, 3.63) is 5.82 Å². The zero-order valence-electron chi connectivity index (χ0n) is 8.90. The molecule has 2 rings (SSSR count). The molecular formula is C10H16N2S3. The van der Waals surface area contributed by atoms with Crippen LogP contribution in [-0.2, 0) is 0 Å². The van der Waals surface area contributed by atoms with Gasteiger partial charge in [0.2, 0.25) is 0 Å². The third-order valence-electron chi connectivity index (χ3n) is 3.01. The third kappa shape index (κ3) is 2.88. The van der Waals surface area contributed by atoms with Crippen LogP contribution in [0.1, 0.15) is 31.5 Å². The fourth-order valence-corrected chi connectivity index (χ4v) is 4.54. The van der Waals surface area contributed by atoms with Gasteiger partial charge in [-0.15, -0.1) is 0 Å². The van der Waals surface area contributed by atoms with E-state index in [1.807, 2.05) is 18.7 Å². The molecule has 1 heterocycles. The van der Waals surface area contributed by atoms with Crippen molar-refractivity contribution in [2.24, 2.45) is 5.41 Å². The summed E-state index contributed by atoms with van der Waals surface area (Å²) in [6.45, 7) is 1.95. The number of thiol groups is 1. The van der Waals surface area contributed by atoms with Crippen LogP contribution in [-0.4, -0.2) is 20.9 Å². The minimum atomic E-state index is 0.466. The number of aryl methyl sites for hydroxylation is 1. The lowest BCUT2D eigenvalue weighted by molar-refractivity contribution is 0.403. The second-order valence-corrected chi connectivity index (χ2v) is 6.55. The summed E-state index contributed by atoms with van der Waals surface area (Å²) in [6, 6.07) is 0. The van der Waals surface area contributed by atoms with Crippen LogP contribution in [0.5, 0.6) is 0 Å². The van der Waals surface area contributed by atoms with Crippen LogP contribution >= 0.6 is 35.9 Å². The first-order chi connectivity index (χ1) is 7.24. The highest BCUT2D eigenvalue weighted by atomic mass is 32.2. The lowest BCUT2D eigenvalue weighted by Gasteiger charge is -2.25. The quantitative estimate of drug-likeness (QED) is 0.663. The fourth-order valence-electron chi connectivity index (χ4n) is 2.02. The first-order valence-electron chi connectivity index (χ1n) is 5.28. The number of rotatable bonds is 4. The minimum Gasteiger partial charge on any atom is -0.213 e. The second-order valence-electron chi connectivity index (χ2n) is 4.26. The summed E-state index contributed by atoms with van der Waals surface area (Å²) in [6.07, 6.45) is 5.41. The van der Waals surface area contributed by atoms with E-state index in [1.165, 1.54) is 37.2 Å². The summed E-state index contributed by atoms with van der Waals surface area (Å²) < 4.78 is 5.31. The van der Waals surface area contributed by atoms with Crippen molar-refractivity contribution < 1.29 is 0 Å². The van der Waals surface area contributed by atoms with Gasteiger partial charge in [-0.05, 0) is 42.5 Å². The normalized spacial score (nSPS) is 19.6. The Balaban J connectivity index is 1.91. The zero-order valence-corrected chi connectivity index (χ0v) is 11.4. The lowest BCUT2D eigenvalue weighted by Crippen LogP contribution is -2.21. The Kier molecular flexibility index (Phi) is 3.96. The number of nitrogens with zero attached hydrogens (tertiary/aromatic N) is 2.